The number of aryl methyl sites for hydroxylation is 1. The summed E-state index contributed by atoms with van der Waals surface area (Å²) in [7, 11) is 0. The predicted molar refractivity (Wildman–Crippen MR) is 77.1 cm³/mol. The van der Waals surface area contributed by atoms with E-state index in [1.807, 2.05) is 0 Å². The first-order valence-corrected chi connectivity index (χ1v) is 6.94. The summed E-state index contributed by atoms with van der Waals surface area (Å²) in [5, 5.41) is 0. The van der Waals surface area contributed by atoms with Gasteiger partial charge in [-0.25, -0.2) is 0 Å². The molecule has 0 fully saturated rings. The van der Waals surface area contributed by atoms with Gasteiger partial charge in [-0.05, 0) is 49.1 Å². The third-order valence-corrected chi connectivity index (χ3v) is 4.18. The molecule has 0 saturated carbocycles. The zero-order valence-electron chi connectivity index (χ0n) is 11.3. The Hall–Kier alpha value is -1.12. The molecule has 18 heavy (non-hydrogen) atoms. The highest BCUT2D eigenvalue weighted by atomic mass is 15.2. The number of fused-ring (bicyclic) bond motifs is 1. The summed E-state index contributed by atoms with van der Waals surface area (Å²) in [4.78, 5) is 0. The van der Waals surface area contributed by atoms with E-state index in [0.29, 0.717) is 12.0 Å². The minimum Gasteiger partial charge on any atom is -0.271 e. The molecule has 0 spiro atoms. The normalized spacial score (nSPS) is 20.2. The first-order valence-electron chi connectivity index (χ1n) is 6.94. The van der Waals surface area contributed by atoms with Crippen molar-refractivity contribution in [1.82, 2.24) is 5.43 Å². The lowest BCUT2D eigenvalue weighted by atomic mass is 9.78. The molecule has 2 rings (SSSR count). The van der Waals surface area contributed by atoms with Gasteiger partial charge in [0.05, 0.1) is 0 Å². The van der Waals surface area contributed by atoms with Gasteiger partial charge in [0, 0.05) is 6.04 Å². The van der Waals surface area contributed by atoms with Crippen LogP contribution in [0.5, 0.6) is 0 Å². The van der Waals surface area contributed by atoms with Crippen LogP contribution in [0.15, 0.2) is 36.4 Å². The molecule has 1 aromatic carbocycles. The van der Waals surface area contributed by atoms with E-state index in [2.05, 4.69) is 43.2 Å². The maximum Gasteiger partial charge on any atom is 0.0279 e. The Labute approximate surface area is 110 Å². The van der Waals surface area contributed by atoms with Gasteiger partial charge >= 0.3 is 0 Å². The van der Waals surface area contributed by atoms with Crippen LogP contribution in [-0.4, -0.2) is 6.04 Å². The summed E-state index contributed by atoms with van der Waals surface area (Å²) in [6, 6.07) is 9.14. The molecule has 0 heterocycles. The number of hydrogen-bond acceptors (Lipinski definition) is 2. The Morgan fingerprint density at radius 2 is 2.17 bits per heavy atom. The van der Waals surface area contributed by atoms with Crippen LogP contribution in [0, 0.1) is 5.92 Å². The number of nitrogens with one attached hydrogen (secondary N) is 1. The van der Waals surface area contributed by atoms with E-state index >= 15 is 0 Å². The van der Waals surface area contributed by atoms with Crippen LogP contribution in [0.2, 0.25) is 0 Å². The van der Waals surface area contributed by atoms with E-state index in [1.165, 1.54) is 29.5 Å². The molecule has 1 aliphatic rings. The van der Waals surface area contributed by atoms with Gasteiger partial charge in [0.25, 0.3) is 0 Å². The Bertz CT molecular complexity index is 411. The summed E-state index contributed by atoms with van der Waals surface area (Å²) in [6.45, 7) is 6.26. The first-order chi connectivity index (χ1) is 8.74. The molecular weight excluding hydrogens is 220 g/mol. The van der Waals surface area contributed by atoms with E-state index in [0.717, 1.165) is 19.3 Å². The largest absolute Gasteiger partial charge is 0.271 e. The Morgan fingerprint density at radius 1 is 1.44 bits per heavy atom. The molecule has 2 nitrogen and oxygen atoms in total. The fourth-order valence-corrected chi connectivity index (χ4v) is 2.89. The number of hydrogen-bond donors (Lipinski definition) is 2. The monoisotopic (exact) mass is 244 g/mol. The van der Waals surface area contributed by atoms with Gasteiger partial charge < -0.3 is 0 Å². The van der Waals surface area contributed by atoms with E-state index in [9.17, 15) is 0 Å². The number of nitrogens with two attached hydrogens (primary N) is 1. The van der Waals surface area contributed by atoms with Crippen LogP contribution in [0.1, 0.15) is 37.3 Å². The highest BCUT2D eigenvalue weighted by Gasteiger charge is 2.25. The highest BCUT2D eigenvalue weighted by molar-refractivity contribution is 5.30. The molecular formula is C16H24N2. The molecule has 0 amide bonds. The molecule has 0 radical (unpaired) electrons. The second kappa shape index (κ2) is 6.17. The standard InChI is InChI=1S/C16H24N2/c1-3-12(2)10-16(18-17)15-9-8-13-6-4-5-7-14(13)11-15/h4-7,15-16,18H,2-3,8-11,17H2,1H3. The zero-order chi connectivity index (χ0) is 13.0. The Morgan fingerprint density at radius 3 is 2.83 bits per heavy atom. The van der Waals surface area contributed by atoms with Crippen molar-refractivity contribution in [1.29, 1.82) is 0 Å². The fourth-order valence-electron chi connectivity index (χ4n) is 2.89. The van der Waals surface area contributed by atoms with Gasteiger partial charge in [-0.15, -0.1) is 0 Å². The minimum absolute atomic E-state index is 0.366. The van der Waals surface area contributed by atoms with Crippen molar-refractivity contribution >= 4 is 0 Å². The first kappa shape index (κ1) is 13.3. The minimum atomic E-state index is 0.366. The third kappa shape index (κ3) is 3.01. The summed E-state index contributed by atoms with van der Waals surface area (Å²) in [5.74, 6) is 6.37. The van der Waals surface area contributed by atoms with Gasteiger partial charge in [0.1, 0.15) is 0 Å². The average Bonchev–Trinajstić information content (AvgIpc) is 2.44. The van der Waals surface area contributed by atoms with Gasteiger partial charge in [-0.1, -0.05) is 43.3 Å². The van der Waals surface area contributed by atoms with Crippen molar-refractivity contribution in [3.8, 4) is 0 Å². The van der Waals surface area contributed by atoms with E-state index < -0.39 is 0 Å². The van der Waals surface area contributed by atoms with Crippen molar-refractivity contribution in [2.45, 2.75) is 45.1 Å². The Balaban J connectivity index is 2.04. The quantitative estimate of drug-likeness (QED) is 0.475. The van der Waals surface area contributed by atoms with Crippen LogP contribution in [0.3, 0.4) is 0 Å². The topological polar surface area (TPSA) is 38.0 Å². The van der Waals surface area contributed by atoms with Gasteiger partial charge in [0.15, 0.2) is 0 Å². The van der Waals surface area contributed by atoms with Crippen molar-refractivity contribution in [2.24, 2.45) is 11.8 Å². The molecule has 0 bridgehead atoms. The second-order valence-electron chi connectivity index (χ2n) is 5.35. The summed E-state index contributed by atoms with van der Waals surface area (Å²) >= 11 is 0. The smallest absolute Gasteiger partial charge is 0.0279 e. The van der Waals surface area contributed by atoms with Crippen molar-refractivity contribution in [3.63, 3.8) is 0 Å². The summed E-state index contributed by atoms with van der Waals surface area (Å²) in [5.41, 5.74) is 7.30. The van der Waals surface area contributed by atoms with Gasteiger partial charge in [-0.2, -0.15) is 0 Å². The highest BCUT2D eigenvalue weighted by Crippen LogP contribution is 2.29. The van der Waals surface area contributed by atoms with Crippen LogP contribution < -0.4 is 11.3 Å². The molecule has 2 heteroatoms. The van der Waals surface area contributed by atoms with Crippen molar-refractivity contribution < 1.29 is 0 Å². The molecule has 2 atom stereocenters. The van der Waals surface area contributed by atoms with Gasteiger partial charge in [-0.3, -0.25) is 11.3 Å². The van der Waals surface area contributed by atoms with E-state index in [-0.39, 0.29) is 0 Å². The predicted octanol–water partition coefficient (Wildman–Crippen LogP) is 2.98. The molecule has 98 valence electrons. The summed E-state index contributed by atoms with van der Waals surface area (Å²) in [6.07, 6.45) is 5.59. The maximum atomic E-state index is 5.74. The molecule has 1 aromatic rings. The fraction of sp³-hybridized carbons (Fsp3) is 0.500. The number of rotatable bonds is 5. The lowest BCUT2D eigenvalue weighted by molar-refractivity contribution is 0.319. The number of benzene rings is 1. The zero-order valence-corrected chi connectivity index (χ0v) is 11.3. The molecule has 1 aliphatic carbocycles. The Kier molecular flexibility index (Phi) is 4.56. The van der Waals surface area contributed by atoms with Crippen LogP contribution in [0.25, 0.3) is 0 Å². The molecule has 3 N–H and O–H groups in total. The second-order valence-corrected chi connectivity index (χ2v) is 5.35. The summed E-state index contributed by atoms with van der Waals surface area (Å²) < 4.78 is 0. The number of hydrazine groups is 1. The third-order valence-electron chi connectivity index (χ3n) is 4.18. The lowest BCUT2D eigenvalue weighted by Gasteiger charge is -2.31. The van der Waals surface area contributed by atoms with Crippen molar-refractivity contribution in [2.75, 3.05) is 0 Å². The lowest BCUT2D eigenvalue weighted by Crippen LogP contribution is -2.43. The molecule has 0 aromatic heterocycles. The van der Waals surface area contributed by atoms with Crippen LogP contribution in [0.4, 0.5) is 0 Å². The SMILES string of the molecule is C=C(CC)CC(NN)C1CCc2ccccc2C1. The van der Waals surface area contributed by atoms with Crippen LogP contribution in [-0.2, 0) is 12.8 Å². The molecule has 0 saturated heterocycles. The maximum absolute atomic E-state index is 5.74. The van der Waals surface area contributed by atoms with Crippen molar-refractivity contribution in [3.05, 3.63) is 47.5 Å². The van der Waals surface area contributed by atoms with Crippen LogP contribution >= 0.6 is 0 Å². The van der Waals surface area contributed by atoms with Gasteiger partial charge in [0.2, 0.25) is 0 Å². The van der Waals surface area contributed by atoms with E-state index in [1.54, 1.807) is 0 Å². The average molecular weight is 244 g/mol. The molecule has 0 aliphatic heterocycles. The molecule has 2 unspecified atom stereocenters. The van der Waals surface area contributed by atoms with E-state index in [4.69, 9.17) is 5.84 Å².